The Morgan fingerprint density at radius 3 is 2.77 bits per heavy atom. The van der Waals surface area contributed by atoms with Crippen molar-refractivity contribution in [3.8, 4) is 0 Å². The molecule has 2 unspecified atom stereocenters. The van der Waals surface area contributed by atoms with Crippen molar-refractivity contribution in [2.75, 3.05) is 13.7 Å². The third-order valence-corrected chi connectivity index (χ3v) is 2.20. The first-order valence-electron chi connectivity index (χ1n) is 4.46. The lowest BCUT2D eigenvalue weighted by Crippen LogP contribution is -2.23. The first-order chi connectivity index (χ1) is 6.13. The number of hydrogen-bond acceptors (Lipinski definition) is 3. The van der Waals surface area contributed by atoms with E-state index in [9.17, 15) is 9.59 Å². The Bertz CT molecular complexity index is 215. The number of ether oxygens (including phenoxy) is 1. The molecule has 13 heavy (non-hydrogen) atoms. The Hall–Kier alpha value is -0.900. The van der Waals surface area contributed by atoms with Crippen molar-refractivity contribution in [3.05, 3.63) is 0 Å². The smallest absolute Gasteiger partial charge is 0.230 e. The van der Waals surface area contributed by atoms with Gasteiger partial charge >= 0.3 is 0 Å². The molecule has 4 heteroatoms. The number of amides is 2. The van der Waals surface area contributed by atoms with Gasteiger partial charge in [-0.05, 0) is 12.3 Å². The van der Waals surface area contributed by atoms with Crippen LogP contribution in [0.4, 0.5) is 0 Å². The molecule has 0 aliphatic carbocycles. The third-order valence-electron chi connectivity index (χ3n) is 2.20. The second kappa shape index (κ2) is 4.37. The van der Waals surface area contributed by atoms with Crippen molar-refractivity contribution in [3.63, 3.8) is 0 Å². The van der Waals surface area contributed by atoms with E-state index in [1.54, 1.807) is 7.11 Å². The molecule has 1 aliphatic heterocycles. The van der Waals surface area contributed by atoms with Crippen LogP contribution in [0.15, 0.2) is 0 Å². The molecule has 4 nitrogen and oxygen atoms in total. The standard InChI is InChI=1S/C9H15NO3/c1-6(5-13-2)3-7-4-8(11)10-9(7)12/h6-7H,3-5H2,1-2H3,(H,10,11,12). The average Bonchev–Trinajstić information content (AvgIpc) is 2.30. The van der Waals surface area contributed by atoms with Crippen LogP contribution in [0.3, 0.4) is 0 Å². The summed E-state index contributed by atoms with van der Waals surface area (Å²) in [6.45, 7) is 2.65. The van der Waals surface area contributed by atoms with E-state index >= 15 is 0 Å². The monoisotopic (exact) mass is 185 g/mol. The van der Waals surface area contributed by atoms with Crippen LogP contribution in [0.1, 0.15) is 19.8 Å². The zero-order valence-corrected chi connectivity index (χ0v) is 8.00. The maximum absolute atomic E-state index is 11.2. The summed E-state index contributed by atoms with van der Waals surface area (Å²) >= 11 is 0. The van der Waals surface area contributed by atoms with Crippen LogP contribution in [0, 0.1) is 11.8 Å². The lowest BCUT2D eigenvalue weighted by Gasteiger charge is -2.12. The van der Waals surface area contributed by atoms with Gasteiger partial charge in [-0.2, -0.15) is 0 Å². The van der Waals surface area contributed by atoms with E-state index in [4.69, 9.17) is 4.74 Å². The van der Waals surface area contributed by atoms with Gasteiger partial charge in [0.2, 0.25) is 11.8 Å². The van der Waals surface area contributed by atoms with E-state index in [1.165, 1.54) is 0 Å². The molecule has 0 bridgehead atoms. The molecule has 0 aromatic carbocycles. The molecule has 2 atom stereocenters. The Morgan fingerprint density at radius 1 is 1.62 bits per heavy atom. The normalized spacial score (nSPS) is 24.6. The van der Waals surface area contributed by atoms with Crippen LogP contribution in [-0.4, -0.2) is 25.5 Å². The van der Waals surface area contributed by atoms with Gasteiger partial charge in [0.15, 0.2) is 0 Å². The SMILES string of the molecule is COCC(C)CC1CC(=O)NC1=O. The highest BCUT2D eigenvalue weighted by atomic mass is 16.5. The quantitative estimate of drug-likeness (QED) is 0.642. The predicted octanol–water partition coefficient (Wildman–Crippen LogP) is 0.322. The Balaban J connectivity index is 2.36. The summed E-state index contributed by atoms with van der Waals surface area (Å²) in [5.74, 6) is -0.100. The molecule has 0 aromatic heterocycles. The van der Waals surface area contributed by atoms with E-state index in [0.29, 0.717) is 18.9 Å². The van der Waals surface area contributed by atoms with Crippen LogP contribution < -0.4 is 5.32 Å². The van der Waals surface area contributed by atoms with Gasteiger partial charge in [-0.25, -0.2) is 0 Å². The molecular weight excluding hydrogens is 170 g/mol. The van der Waals surface area contributed by atoms with Crippen LogP contribution in [0.25, 0.3) is 0 Å². The maximum Gasteiger partial charge on any atom is 0.230 e. The largest absolute Gasteiger partial charge is 0.384 e. The number of carbonyl (C=O) groups is 2. The molecular formula is C9H15NO3. The minimum atomic E-state index is -0.153. The number of rotatable bonds is 4. The van der Waals surface area contributed by atoms with E-state index in [0.717, 1.165) is 6.42 Å². The predicted molar refractivity (Wildman–Crippen MR) is 46.9 cm³/mol. The van der Waals surface area contributed by atoms with Crippen LogP contribution in [0.2, 0.25) is 0 Å². The summed E-state index contributed by atoms with van der Waals surface area (Å²) in [5.41, 5.74) is 0. The highest BCUT2D eigenvalue weighted by Crippen LogP contribution is 2.20. The zero-order chi connectivity index (χ0) is 9.84. The molecule has 1 N–H and O–H groups in total. The Morgan fingerprint density at radius 2 is 2.31 bits per heavy atom. The van der Waals surface area contributed by atoms with Gasteiger partial charge in [-0.15, -0.1) is 0 Å². The molecule has 74 valence electrons. The van der Waals surface area contributed by atoms with Crippen LogP contribution >= 0.6 is 0 Å². The number of methoxy groups -OCH3 is 1. The van der Waals surface area contributed by atoms with Crippen LogP contribution in [-0.2, 0) is 14.3 Å². The van der Waals surface area contributed by atoms with Crippen molar-refractivity contribution < 1.29 is 14.3 Å². The first kappa shape index (κ1) is 10.2. The summed E-state index contributed by atoms with van der Waals surface area (Å²) in [5, 5.41) is 2.30. The van der Waals surface area contributed by atoms with Crippen molar-refractivity contribution in [2.24, 2.45) is 11.8 Å². The number of imide groups is 1. The van der Waals surface area contributed by atoms with E-state index in [2.05, 4.69) is 5.32 Å². The molecule has 0 saturated carbocycles. The van der Waals surface area contributed by atoms with Gasteiger partial charge in [0.1, 0.15) is 0 Å². The fourth-order valence-corrected chi connectivity index (χ4v) is 1.64. The van der Waals surface area contributed by atoms with Crippen LogP contribution in [0.5, 0.6) is 0 Å². The summed E-state index contributed by atoms with van der Waals surface area (Å²) < 4.78 is 4.96. The fourth-order valence-electron chi connectivity index (χ4n) is 1.64. The number of carbonyl (C=O) groups excluding carboxylic acids is 2. The molecule has 1 aliphatic rings. The third kappa shape index (κ3) is 2.81. The van der Waals surface area contributed by atoms with Gasteiger partial charge in [0.05, 0.1) is 0 Å². The van der Waals surface area contributed by atoms with Crippen molar-refractivity contribution >= 4 is 11.8 Å². The minimum Gasteiger partial charge on any atom is -0.384 e. The highest BCUT2D eigenvalue weighted by molar-refractivity contribution is 6.03. The number of hydrogen-bond donors (Lipinski definition) is 1. The summed E-state index contributed by atoms with van der Waals surface area (Å²) in [6, 6.07) is 0. The second-order valence-electron chi connectivity index (χ2n) is 3.61. The second-order valence-corrected chi connectivity index (χ2v) is 3.61. The van der Waals surface area contributed by atoms with Gasteiger partial charge in [-0.1, -0.05) is 6.92 Å². The molecule has 1 fully saturated rings. The molecule has 2 amide bonds. The molecule has 1 rings (SSSR count). The molecule has 1 heterocycles. The highest BCUT2D eigenvalue weighted by Gasteiger charge is 2.31. The lowest BCUT2D eigenvalue weighted by molar-refractivity contribution is -0.126. The Kier molecular flexibility index (Phi) is 3.42. The van der Waals surface area contributed by atoms with Gasteiger partial charge in [0.25, 0.3) is 0 Å². The van der Waals surface area contributed by atoms with Crippen molar-refractivity contribution in [1.82, 2.24) is 5.32 Å². The summed E-state index contributed by atoms with van der Waals surface area (Å²) in [6.07, 6.45) is 1.07. The molecule has 0 spiro atoms. The van der Waals surface area contributed by atoms with Gasteiger partial charge < -0.3 is 4.74 Å². The molecule has 0 radical (unpaired) electrons. The van der Waals surface area contributed by atoms with E-state index in [-0.39, 0.29) is 17.7 Å². The lowest BCUT2D eigenvalue weighted by atomic mass is 9.95. The summed E-state index contributed by atoms with van der Waals surface area (Å²) in [4.78, 5) is 22.0. The van der Waals surface area contributed by atoms with Gasteiger partial charge in [0, 0.05) is 26.1 Å². The van der Waals surface area contributed by atoms with Gasteiger partial charge in [-0.3, -0.25) is 14.9 Å². The summed E-state index contributed by atoms with van der Waals surface area (Å²) in [7, 11) is 1.64. The first-order valence-corrected chi connectivity index (χ1v) is 4.46. The maximum atomic E-state index is 11.2. The topological polar surface area (TPSA) is 55.4 Å². The van der Waals surface area contributed by atoms with Crippen molar-refractivity contribution in [1.29, 1.82) is 0 Å². The number of nitrogens with one attached hydrogen (secondary N) is 1. The van der Waals surface area contributed by atoms with E-state index in [1.807, 2.05) is 6.92 Å². The molecule has 1 saturated heterocycles. The van der Waals surface area contributed by atoms with E-state index < -0.39 is 0 Å². The Labute approximate surface area is 77.6 Å². The average molecular weight is 185 g/mol. The van der Waals surface area contributed by atoms with Crippen molar-refractivity contribution in [2.45, 2.75) is 19.8 Å². The minimum absolute atomic E-state index is 0.132. The zero-order valence-electron chi connectivity index (χ0n) is 8.00. The fraction of sp³-hybridized carbons (Fsp3) is 0.778. The molecule has 0 aromatic rings.